The van der Waals surface area contributed by atoms with E-state index in [9.17, 15) is 12.8 Å². The van der Waals surface area contributed by atoms with Gasteiger partial charge >= 0.3 is 0 Å². The van der Waals surface area contributed by atoms with Crippen LogP contribution in [0.25, 0.3) is 0 Å². The monoisotopic (exact) mass is 378 g/mol. The van der Waals surface area contributed by atoms with E-state index in [1.807, 2.05) is 0 Å². The highest BCUT2D eigenvalue weighted by Crippen LogP contribution is 2.26. The van der Waals surface area contributed by atoms with Crippen molar-refractivity contribution in [3.05, 3.63) is 51.7 Å². The van der Waals surface area contributed by atoms with Crippen LogP contribution in [0, 0.1) is 5.82 Å². The van der Waals surface area contributed by atoms with Gasteiger partial charge in [0.1, 0.15) is 10.7 Å². The molecule has 0 spiro atoms. The van der Waals surface area contributed by atoms with Crippen LogP contribution in [0.5, 0.6) is 0 Å². The number of nitrogens with one attached hydrogen (secondary N) is 1. The fourth-order valence-electron chi connectivity index (χ4n) is 1.56. The van der Waals surface area contributed by atoms with Crippen LogP contribution in [0.1, 0.15) is 0 Å². The number of sulfonamides is 1. The molecule has 0 aliphatic heterocycles. The van der Waals surface area contributed by atoms with E-state index in [0.717, 1.165) is 12.1 Å². The standard InChI is InChI=1S/C12H9BrClFN2O2S/c13-7-1-2-11(16)12(3-7)20(18,19)17-10-5-8(14)4-9(15)6-10/h1-6,17H,16H2. The van der Waals surface area contributed by atoms with Gasteiger partial charge in [-0.15, -0.1) is 0 Å². The summed E-state index contributed by atoms with van der Waals surface area (Å²) in [6, 6.07) is 7.84. The van der Waals surface area contributed by atoms with Crippen LogP contribution < -0.4 is 10.5 Å². The minimum atomic E-state index is -3.93. The molecule has 20 heavy (non-hydrogen) atoms. The SMILES string of the molecule is Nc1ccc(Br)cc1S(=O)(=O)Nc1cc(F)cc(Cl)c1. The minimum Gasteiger partial charge on any atom is -0.398 e. The molecule has 0 aliphatic carbocycles. The molecule has 0 radical (unpaired) electrons. The van der Waals surface area contributed by atoms with Gasteiger partial charge in [0, 0.05) is 9.50 Å². The van der Waals surface area contributed by atoms with Crippen molar-refractivity contribution in [3.63, 3.8) is 0 Å². The van der Waals surface area contributed by atoms with Crippen LogP contribution in [0.3, 0.4) is 0 Å². The Kier molecular flexibility index (Phi) is 4.22. The molecule has 0 fully saturated rings. The summed E-state index contributed by atoms with van der Waals surface area (Å²) in [5, 5.41) is 0.0879. The van der Waals surface area contributed by atoms with Gasteiger partial charge in [-0.2, -0.15) is 0 Å². The second-order valence-corrected chi connectivity index (χ2v) is 6.95. The second kappa shape index (κ2) is 5.59. The molecule has 0 atom stereocenters. The molecule has 0 saturated carbocycles. The van der Waals surface area contributed by atoms with Gasteiger partial charge < -0.3 is 5.73 Å². The van der Waals surface area contributed by atoms with Crippen molar-refractivity contribution in [1.29, 1.82) is 0 Å². The maximum atomic E-state index is 13.2. The van der Waals surface area contributed by atoms with E-state index in [1.165, 1.54) is 18.2 Å². The summed E-state index contributed by atoms with van der Waals surface area (Å²) in [4.78, 5) is -0.104. The third-order valence-electron chi connectivity index (χ3n) is 2.38. The Labute approximate surface area is 128 Å². The van der Waals surface area contributed by atoms with Gasteiger partial charge in [0.15, 0.2) is 0 Å². The maximum Gasteiger partial charge on any atom is 0.263 e. The number of benzene rings is 2. The summed E-state index contributed by atoms with van der Waals surface area (Å²) >= 11 is 8.84. The Balaban J connectivity index is 2.43. The van der Waals surface area contributed by atoms with E-state index in [0.29, 0.717) is 4.47 Å². The van der Waals surface area contributed by atoms with Gasteiger partial charge in [-0.25, -0.2) is 12.8 Å². The number of nitrogens with two attached hydrogens (primary N) is 1. The summed E-state index contributed by atoms with van der Waals surface area (Å²) in [5.74, 6) is -0.641. The molecule has 8 heteroatoms. The van der Waals surface area contributed by atoms with Crippen LogP contribution in [-0.2, 0) is 10.0 Å². The molecule has 2 aromatic rings. The molecule has 3 N–H and O–H groups in total. The molecular formula is C12H9BrClFN2O2S. The molecule has 2 rings (SSSR count). The number of anilines is 2. The van der Waals surface area contributed by atoms with E-state index in [1.54, 1.807) is 6.07 Å². The maximum absolute atomic E-state index is 13.2. The fraction of sp³-hybridized carbons (Fsp3) is 0. The number of nitrogen functional groups attached to an aromatic ring is 1. The van der Waals surface area contributed by atoms with Crippen LogP contribution >= 0.6 is 27.5 Å². The molecule has 4 nitrogen and oxygen atoms in total. The summed E-state index contributed by atoms with van der Waals surface area (Å²) < 4.78 is 40.4. The van der Waals surface area contributed by atoms with Gasteiger partial charge in [0.05, 0.1) is 11.4 Å². The minimum absolute atomic E-state index is 0.0226. The highest BCUT2D eigenvalue weighted by atomic mass is 79.9. The van der Waals surface area contributed by atoms with Crippen LogP contribution in [-0.4, -0.2) is 8.42 Å². The van der Waals surface area contributed by atoms with Gasteiger partial charge in [-0.3, -0.25) is 4.72 Å². The first kappa shape index (κ1) is 15.1. The summed E-state index contributed by atoms with van der Waals surface area (Å²) in [5.41, 5.74) is 5.76. The largest absolute Gasteiger partial charge is 0.398 e. The fourth-order valence-corrected chi connectivity index (χ4v) is 3.50. The van der Waals surface area contributed by atoms with Crippen LogP contribution in [0.15, 0.2) is 45.8 Å². The van der Waals surface area contributed by atoms with Crippen LogP contribution in [0.4, 0.5) is 15.8 Å². The van der Waals surface area contributed by atoms with E-state index in [-0.39, 0.29) is 21.3 Å². The normalized spacial score (nSPS) is 11.3. The number of rotatable bonds is 3. The average Bonchev–Trinajstić information content (AvgIpc) is 2.30. The van der Waals surface area contributed by atoms with Gasteiger partial charge in [-0.05, 0) is 36.4 Å². The van der Waals surface area contributed by atoms with E-state index < -0.39 is 15.8 Å². The molecule has 0 aromatic heterocycles. The molecule has 0 aliphatic rings. The van der Waals surface area contributed by atoms with E-state index >= 15 is 0 Å². The second-order valence-electron chi connectivity index (χ2n) is 3.95. The highest BCUT2D eigenvalue weighted by molar-refractivity contribution is 9.10. The molecular weight excluding hydrogens is 371 g/mol. The van der Waals surface area contributed by atoms with Crippen molar-refractivity contribution in [2.24, 2.45) is 0 Å². The third-order valence-corrected chi connectivity index (χ3v) is 4.53. The molecule has 0 unspecified atom stereocenters. The number of hydrogen-bond donors (Lipinski definition) is 2. The topological polar surface area (TPSA) is 72.2 Å². The molecule has 0 saturated heterocycles. The zero-order valence-corrected chi connectivity index (χ0v) is 13.1. The Morgan fingerprint density at radius 3 is 2.55 bits per heavy atom. The first-order valence-electron chi connectivity index (χ1n) is 5.32. The van der Waals surface area contributed by atoms with E-state index in [4.69, 9.17) is 17.3 Å². The lowest BCUT2D eigenvalue weighted by molar-refractivity contribution is 0.601. The van der Waals surface area contributed by atoms with Crippen LogP contribution in [0.2, 0.25) is 5.02 Å². The predicted octanol–water partition coefficient (Wildman–Crippen LogP) is 3.62. The number of hydrogen-bond acceptors (Lipinski definition) is 3. The van der Waals surface area contributed by atoms with Gasteiger partial charge in [0.25, 0.3) is 10.0 Å². The third kappa shape index (κ3) is 3.41. The summed E-state index contributed by atoms with van der Waals surface area (Å²) in [7, 11) is -3.93. The van der Waals surface area contributed by atoms with Crippen molar-refractivity contribution in [1.82, 2.24) is 0 Å². The Morgan fingerprint density at radius 2 is 1.90 bits per heavy atom. The zero-order valence-electron chi connectivity index (χ0n) is 9.90. The smallest absolute Gasteiger partial charge is 0.263 e. The van der Waals surface area contributed by atoms with E-state index in [2.05, 4.69) is 20.7 Å². The molecule has 0 bridgehead atoms. The number of halogens is 3. The van der Waals surface area contributed by atoms with Crippen molar-refractivity contribution < 1.29 is 12.8 Å². The zero-order chi connectivity index (χ0) is 14.9. The quantitative estimate of drug-likeness (QED) is 0.800. The average molecular weight is 380 g/mol. The van der Waals surface area contributed by atoms with Crippen molar-refractivity contribution in [2.75, 3.05) is 10.5 Å². The lowest BCUT2D eigenvalue weighted by Gasteiger charge is -2.11. The first-order chi connectivity index (χ1) is 9.28. The van der Waals surface area contributed by atoms with Gasteiger partial charge in [-0.1, -0.05) is 27.5 Å². The van der Waals surface area contributed by atoms with Gasteiger partial charge in [0.2, 0.25) is 0 Å². The van der Waals surface area contributed by atoms with Crippen molar-refractivity contribution in [2.45, 2.75) is 4.90 Å². The Bertz CT molecular complexity index is 748. The Hall–Kier alpha value is -1.31. The molecule has 106 valence electrons. The summed E-state index contributed by atoms with van der Waals surface area (Å²) in [6.07, 6.45) is 0. The molecule has 0 heterocycles. The Morgan fingerprint density at radius 1 is 1.20 bits per heavy atom. The lowest BCUT2D eigenvalue weighted by Crippen LogP contribution is -2.15. The molecule has 0 amide bonds. The summed E-state index contributed by atoms with van der Waals surface area (Å²) in [6.45, 7) is 0. The predicted molar refractivity (Wildman–Crippen MR) is 80.8 cm³/mol. The first-order valence-corrected chi connectivity index (χ1v) is 7.97. The van der Waals surface area contributed by atoms with Crippen molar-refractivity contribution in [3.8, 4) is 0 Å². The highest BCUT2D eigenvalue weighted by Gasteiger charge is 2.18. The lowest BCUT2D eigenvalue weighted by atomic mass is 10.3. The molecule has 2 aromatic carbocycles. The van der Waals surface area contributed by atoms with Crippen molar-refractivity contribution >= 4 is 48.9 Å².